The van der Waals surface area contributed by atoms with E-state index in [2.05, 4.69) is 0 Å². The van der Waals surface area contributed by atoms with Gasteiger partial charge in [-0.05, 0) is 55.4 Å². The molecule has 1 aromatic carbocycles. The highest BCUT2D eigenvalue weighted by molar-refractivity contribution is 5.99. The van der Waals surface area contributed by atoms with Crippen LogP contribution in [0.2, 0.25) is 0 Å². The van der Waals surface area contributed by atoms with Crippen molar-refractivity contribution in [2.45, 2.75) is 59.3 Å². The molecule has 1 aliphatic rings. The average Bonchev–Trinajstić information content (AvgIpc) is 2.36. The number of benzene rings is 1. The standard InChI is InChI=1S/C19H24O3/c1-5-6-17(22)19-12(3)7-11(2)18(13(19)4)14-8-15(20)10-16(21)9-14/h7,10,14,20H,5-6,8-9H2,1-4H3. The highest BCUT2D eigenvalue weighted by Crippen LogP contribution is 2.37. The molecule has 3 nitrogen and oxygen atoms in total. The number of aliphatic hydroxyl groups is 1. The topological polar surface area (TPSA) is 54.4 Å². The Morgan fingerprint density at radius 2 is 1.91 bits per heavy atom. The summed E-state index contributed by atoms with van der Waals surface area (Å²) in [4.78, 5) is 24.2. The smallest absolute Gasteiger partial charge is 0.163 e. The van der Waals surface area contributed by atoms with Crippen LogP contribution in [0.4, 0.5) is 0 Å². The summed E-state index contributed by atoms with van der Waals surface area (Å²) in [7, 11) is 0. The highest BCUT2D eigenvalue weighted by atomic mass is 16.3. The minimum absolute atomic E-state index is 0.0359. The van der Waals surface area contributed by atoms with Gasteiger partial charge in [-0.2, -0.15) is 0 Å². The molecule has 0 amide bonds. The van der Waals surface area contributed by atoms with Crippen molar-refractivity contribution in [2.75, 3.05) is 0 Å². The zero-order chi connectivity index (χ0) is 16.4. The number of hydrogen-bond donors (Lipinski definition) is 1. The summed E-state index contributed by atoms with van der Waals surface area (Å²) >= 11 is 0. The number of aryl methyl sites for hydroxylation is 2. The molecule has 0 radical (unpaired) electrons. The molecule has 22 heavy (non-hydrogen) atoms. The minimum Gasteiger partial charge on any atom is -0.512 e. The van der Waals surface area contributed by atoms with Gasteiger partial charge in [-0.3, -0.25) is 9.59 Å². The monoisotopic (exact) mass is 300 g/mol. The third-order valence-corrected chi connectivity index (χ3v) is 4.43. The zero-order valence-electron chi connectivity index (χ0n) is 13.8. The van der Waals surface area contributed by atoms with Crippen molar-refractivity contribution in [1.82, 2.24) is 0 Å². The summed E-state index contributed by atoms with van der Waals surface area (Å²) in [5, 5.41) is 9.78. The Hall–Kier alpha value is -1.90. The van der Waals surface area contributed by atoms with Crippen LogP contribution in [0.3, 0.4) is 0 Å². The third-order valence-electron chi connectivity index (χ3n) is 4.43. The number of hydrogen-bond acceptors (Lipinski definition) is 3. The van der Waals surface area contributed by atoms with Crippen molar-refractivity contribution in [2.24, 2.45) is 0 Å². The first-order valence-electron chi connectivity index (χ1n) is 7.91. The number of aliphatic hydroxyl groups excluding tert-OH is 1. The first kappa shape index (κ1) is 16.5. The highest BCUT2D eigenvalue weighted by Gasteiger charge is 2.27. The Balaban J connectivity index is 2.53. The fourth-order valence-corrected chi connectivity index (χ4v) is 3.69. The Morgan fingerprint density at radius 1 is 1.23 bits per heavy atom. The van der Waals surface area contributed by atoms with E-state index < -0.39 is 0 Å². The van der Waals surface area contributed by atoms with Gasteiger partial charge < -0.3 is 5.11 Å². The van der Waals surface area contributed by atoms with Crippen LogP contribution in [0.5, 0.6) is 0 Å². The van der Waals surface area contributed by atoms with Crippen molar-refractivity contribution in [1.29, 1.82) is 0 Å². The van der Waals surface area contributed by atoms with Crippen molar-refractivity contribution in [3.05, 3.63) is 45.7 Å². The molecule has 1 aromatic rings. The summed E-state index contributed by atoms with van der Waals surface area (Å²) in [5.74, 6) is 0.226. The summed E-state index contributed by atoms with van der Waals surface area (Å²) in [5.41, 5.74) is 4.92. The number of carbonyl (C=O) groups excluding carboxylic acids is 2. The molecule has 0 aromatic heterocycles. The van der Waals surface area contributed by atoms with Crippen molar-refractivity contribution >= 4 is 11.6 Å². The van der Waals surface area contributed by atoms with Gasteiger partial charge in [0, 0.05) is 30.9 Å². The number of ketones is 2. The van der Waals surface area contributed by atoms with E-state index in [1.54, 1.807) is 0 Å². The molecule has 0 bridgehead atoms. The molecule has 0 heterocycles. The SMILES string of the molecule is CCCC(=O)c1c(C)cc(C)c(C2CC(=O)C=C(O)C2)c1C. The molecular weight excluding hydrogens is 276 g/mol. The lowest BCUT2D eigenvalue weighted by Gasteiger charge is -2.25. The summed E-state index contributed by atoms with van der Waals surface area (Å²) in [6.45, 7) is 7.96. The van der Waals surface area contributed by atoms with Crippen LogP contribution in [-0.4, -0.2) is 16.7 Å². The van der Waals surface area contributed by atoms with Crippen molar-refractivity contribution < 1.29 is 14.7 Å². The van der Waals surface area contributed by atoms with Crippen LogP contribution in [-0.2, 0) is 4.79 Å². The van der Waals surface area contributed by atoms with Gasteiger partial charge in [0.1, 0.15) is 0 Å². The molecule has 0 spiro atoms. The normalized spacial score (nSPS) is 18.3. The predicted molar refractivity (Wildman–Crippen MR) is 87.6 cm³/mol. The first-order valence-corrected chi connectivity index (χ1v) is 7.91. The summed E-state index contributed by atoms with van der Waals surface area (Å²) in [6, 6.07) is 2.03. The zero-order valence-corrected chi connectivity index (χ0v) is 13.8. The fourth-order valence-electron chi connectivity index (χ4n) is 3.69. The van der Waals surface area contributed by atoms with Gasteiger partial charge in [0.2, 0.25) is 0 Å². The largest absolute Gasteiger partial charge is 0.512 e. The van der Waals surface area contributed by atoms with E-state index in [0.29, 0.717) is 19.3 Å². The van der Waals surface area contributed by atoms with Gasteiger partial charge >= 0.3 is 0 Å². The van der Waals surface area contributed by atoms with Gasteiger partial charge in [-0.25, -0.2) is 0 Å². The van der Waals surface area contributed by atoms with E-state index in [9.17, 15) is 14.7 Å². The third kappa shape index (κ3) is 3.13. The van der Waals surface area contributed by atoms with Crippen LogP contribution in [0.1, 0.15) is 71.1 Å². The molecule has 0 saturated heterocycles. The summed E-state index contributed by atoms with van der Waals surface area (Å²) < 4.78 is 0. The van der Waals surface area contributed by atoms with Crippen LogP contribution >= 0.6 is 0 Å². The van der Waals surface area contributed by atoms with E-state index in [1.807, 2.05) is 33.8 Å². The molecule has 0 aliphatic heterocycles. The number of allylic oxidation sites excluding steroid dienone is 2. The molecule has 1 N–H and O–H groups in total. The molecule has 1 atom stereocenters. The number of carbonyl (C=O) groups is 2. The van der Waals surface area contributed by atoms with E-state index in [4.69, 9.17) is 0 Å². The fraction of sp³-hybridized carbons (Fsp3) is 0.474. The predicted octanol–water partition coefficient (Wildman–Crippen LogP) is 4.48. The van der Waals surface area contributed by atoms with E-state index in [0.717, 1.165) is 34.2 Å². The molecular formula is C19H24O3. The van der Waals surface area contributed by atoms with Crippen LogP contribution in [0.25, 0.3) is 0 Å². The molecule has 1 unspecified atom stereocenters. The van der Waals surface area contributed by atoms with Crippen LogP contribution in [0.15, 0.2) is 17.9 Å². The number of rotatable bonds is 4. The van der Waals surface area contributed by atoms with E-state index >= 15 is 0 Å². The maximum absolute atomic E-state index is 12.4. The van der Waals surface area contributed by atoms with Crippen LogP contribution in [0, 0.1) is 20.8 Å². The van der Waals surface area contributed by atoms with Crippen molar-refractivity contribution in [3.8, 4) is 0 Å². The van der Waals surface area contributed by atoms with E-state index in [1.165, 1.54) is 6.08 Å². The Kier molecular flexibility index (Phi) is 4.84. The Labute approximate surface area is 132 Å². The average molecular weight is 300 g/mol. The molecule has 3 heteroatoms. The Bertz CT molecular complexity index is 653. The lowest BCUT2D eigenvalue weighted by atomic mass is 9.79. The second-order valence-corrected chi connectivity index (χ2v) is 6.30. The lowest BCUT2D eigenvalue weighted by Crippen LogP contribution is -2.17. The minimum atomic E-state index is -0.0467. The molecule has 118 valence electrons. The molecule has 1 aliphatic carbocycles. The maximum Gasteiger partial charge on any atom is 0.163 e. The molecule has 0 saturated carbocycles. The molecule has 2 rings (SSSR count). The van der Waals surface area contributed by atoms with Gasteiger partial charge in [0.15, 0.2) is 11.6 Å². The van der Waals surface area contributed by atoms with Gasteiger partial charge in [-0.1, -0.05) is 13.0 Å². The summed E-state index contributed by atoms with van der Waals surface area (Å²) in [6.07, 6.45) is 3.55. The van der Waals surface area contributed by atoms with E-state index in [-0.39, 0.29) is 23.2 Å². The van der Waals surface area contributed by atoms with Gasteiger partial charge in [-0.15, -0.1) is 0 Å². The molecule has 0 fully saturated rings. The Morgan fingerprint density at radius 3 is 2.50 bits per heavy atom. The van der Waals surface area contributed by atoms with Gasteiger partial charge in [0.25, 0.3) is 0 Å². The second-order valence-electron chi connectivity index (χ2n) is 6.30. The first-order chi connectivity index (χ1) is 10.3. The van der Waals surface area contributed by atoms with Crippen LogP contribution < -0.4 is 0 Å². The second kappa shape index (κ2) is 6.47. The number of Topliss-reactive ketones (excluding diaryl/α,β-unsaturated/α-hetero) is 1. The lowest BCUT2D eigenvalue weighted by molar-refractivity contribution is -0.115. The maximum atomic E-state index is 12.4. The van der Waals surface area contributed by atoms with Gasteiger partial charge in [0.05, 0.1) is 5.76 Å². The quantitative estimate of drug-likeness (QED) is 0.834. The van der Waals surface area contributed by atoms with Crippen molar-refractivity contribution in [3.63, 3.8) is 0 Å².